The lowest BCUT2D eigenvalue weighted by atomic mass is 9.93. The summed E-state index contributed by atoms with van der Waals surface area (Å²) < 4.78 is 14.7. The quantitative estimate of drug-likeness (QED) is 0.0173. The molecule has 7 aromatic rings. The Balaban J connectivity index is 0. The van der Waals surface area contributed by atoms with Crippen LogP contribution < -0.4 is 4.74 Å². The summed E-state index contributed by atoms with van der Waals surface area (Å²) in [6.07, 6.45) is 28.5. The lowest BCUT2D eigenvalue weighted by Crippen LogP contribution is -2.03. The van der Waals surface area contributed by atoms with Gasteiger partial charge in [-0.1, -0.05) is 391 Å². The molecule has 0 N–H and O–H groups in total. The maximum atomic E-state index is 10.9. The molecule has 6 heteroatoms. The first-order valence-electron chi connectivity index (χ1n) is 40.9. The van der Waals surface area contributed by atoms with Gasteiger partial charge >= 0.3 is 17.9 Å². The molecule has 109 heavy (non-hydrogen) atoms. The van der Waals surface area contributed by atoms with Crippen molar-refractivity contribution < 1.29 is 28.6 Å². The molecule has 6 nitrogen and oxygen atoms in total. The molecule has 0 aliphatic heterocycles. The van der Waals surface area contributed by atoms with Gasteiger partial charge in [-0.2, -0.15) is 0 Å². The van der Waals surface area contributed by atoms with Gasteiger partial charge in [0.15, 0.2) is 0 Å². The Hall–Kier alpha value is -8.87. The minimum Gasteiger partial charge on any atom is -0.463 e. The highest BCUT2D eigenvalue weighted by Crippen LogP contribution is 2.27. The molecule has 0 radical (unpaired) electrons. The molecule has 7 rings (SSSR count). The van der Waals surface area contributed by atoms with Crippen molar-refractivity contribution in [3.05, 3.63) is 307 Å². The molecular weight excluding hydrogens is 1330 g/mol. The van der Waals surface area contributed by atoms with Gasteiger partial charge in [-0.05, 0) is 197 Å². The zero-order valence-corrected chi connectivity index (χ0v) is 71.5. The maximum Gasteiger partial charge on any atom is 0.335 e. The predicted octanol–water partition coefficient (Wildman–Crippen LogP) is 30.9. The van der Waals surface area contributed by atoms with E-state index in [0.717, 1.165) is 50.0 Å². The van der Waals surface area contributed by atoms with E-state index >= 15 is 0 Å². The van der Waals surface area contributed by atoms with Crippen LogP contribution in [0.3, 0.4) is 0 Å². The van der Waals surface area contributed by atoms with E-state index in [0.29, 0.717) is 60.4 Å². The Bertz CT molecular complexity index is 3180. The van der Waals surface area contributed by atoms with Gasteiger partial charge in [0.25, 0.3) is 0 Å². The summed E-state index contributed by atoms with van der Waals surface area (Å²) in [6, 6.07) is 63.2. The monoisotopic (exact) mass is 1480 g/mol. The highest BCUT2D eigenvalue weighted by molar-refractivity contribution is 5.83. The Morgan fingerprint density at radius 3 is 0.679 bits per heavy atom. The summed E-state index contributed by atoms with van der Waals surface area (Å²) >= 11 is 0. The average Bonchev–Trinajstić information content (AvgIpc) is 0.892. The van der Waals surface area contributed by atoms with Gasteiger partial charge in [0, 0.05) is 18.2 Å². The van der Waals surface area contributed by atoms with E-state index in [9.17, 15) is 14.4 Å². The zero-order valence-electron chi connectivity index (χ0n) is 71.5. The Morgan fingerprint density at radius 1 is 0.275 bits per heavy atom. The van der Waals surface area contributed by atoms with Gasteiger partial charge < -0.3 is 14.2 Å². The molecule has 0 fully saturated rings. The number of carbonyl (C=O) groups is 3. The standard InChI is InChI=1S/2C14H22.C13H16O2.2C12H16.2C11H20O2.2C8H8/c2*1-5-11(3)13-7-9-14(10-8-13)12(4)6-2;1-4-10(3)11-6-8-12(9-7-11)15-13(14)5-2;2*1-4-10(3)12-8-6-11(5-2)7-9-12;2*1-4-10(3)8-6-7-9-13-11(12)5-2;2*1-2-8-6-4-3-5-7-8/h2*7-12H,5-6H2,1-4H3;5-10H,2,4H2,1,3H3;2*5-10H,2,4H2,1,3H3;2*5,10H,2,4,6-9H2,1,3H3;2*2-7H,1H2. The largest absolute Gasteiger partial charge is 0.463 e. The smallest absolute Gasteiger partial charge is 0.335 e. The normalized spacial score (nSPS) is 12.4. The summed E-state index contributed by atoms with van der Waals surface area (Å²) in [5.74, 6) is 5.74. The Morgan fingerprint density at radius 2 is 0.486 bits per heavy atom. The van der Waals surface area contributed by atoms with Gasteiger partial charge in [-0.25, -0.2) is 14.4 Å². The first kappa shape index (κ1) is 102. The Kier molecular flexibility index (Phi) is 62.0. The van der Waals surface area contributed by atoms with Gasteiger partial charge in [-0.3, -0.25) is 0 Å². The molecule has 0 heterocycles. The minimum absolute atomic E-state index is 0.316. The van der Waals surface area contributed by atoms with Crippen LogP contribution in [-0.2, 0) is 23.9 Å². The molecule has 0 aliphatic carbocycles. The van der Waals surface area contributed by atoms with Crippen molar-refractivity contribution in [1.82, 2.24) is 0 Å². The van der Waals surface area contributed by atoms with E-state index in [1.807, 2.05) is 109 Å². The first-order chi connectivity index (χ1) is 52.4. The number of hydrogen-bond acceptors (Lipinski definition) is 6. The van der Waals surface area contributed by atoms with E-state index in [1.165, 1.54) is 138 Å². The van der Waals surface area contributed by atoms with E-state index in [-0.39, 0.29) is 11.9 Å². The fourth-order valence-corrected chi connectivity index (χ4v) is 10.1. The number of benzene rings is 7. The summed E-state index contributed by atoms with van der Waals surface area (Å²) in [5, 5.41) is 0. The van der Waals surface area contributed by atoms with E-state index in [2.05, 4.69) is 268 Å². The molecule has 7 aromatic carbocycles. The van der Waals surface area contributed by atoms with Gasteiger partial charge in [0.05, 0.1) is 13.2 Å². The molecule has 0 aromatic heterocycles. The van der Waals surface area contributed by atoms with Crippen molar-refractivity contribution >= 4 is 42.2 Å². The van der Waals surface area contributed by atoms with Crippen molar-refractivity contribution in [2.45, 2.75) is 262 Å². The topological polar surface area (TPSA) is 78.9 Å². The third-order valence-electron chi connectivity index (χ3n) is 20.2. The molecule has 9 atom stereocenters. The van der Waals surface area contributed by atoms with E-state index < -0.39 is 5.97 Å². The summed E-state index contributed by atoms with van der Waals surface area (Å²) in [6.45, 7) is 66.0. The minimum atomic E-state index is -0.425. The average molecular weight is 1480 g/mol. The van der Waals surface area contributed by atoms with Crippen LogP contribution in [0.25, 0.3) is 24.3 Å². The van der Waals surface area contributed by atoms with E-state index in [1.54, 1.807) is 0 Å². The molecule has 0 saturated heterocycles. The number of esters is 3. The van der Waals surface area contributed by atoms with Crippen LogP contribution in [0, 0.1) is 11.8 Å². The van der Waals surface area contributed by atoms with Gasteiger partial charge in [-0.15, -0.1) is 0 Å². The molecule has 9 unspecified atom stereocenters. The van der Waals surface area contributed by atoms with Crippen molar-refractivity contribution in [3.63, 3.8) is 0 Å². The molecule has 0 spiro atoms. The van der Waals surface area contributed by atoms with Crippen LogP contribution in [0.15, 0.2) is 246 Å². The number of ether oxygens (including phenoxy) is 3. The lowest BCUT2D eigenvalue weighted by Gasteiger charge is -2.12. The van der Waals surface area contributed by atoms with Crippen molar-refractivity contribution in [3.8, 4) is 5.75 Å². The highest BCUT2D eigenvalue weighted by atomic mass is 16.5. The van der Waals surface area contributed by atoms with E-state index in [4.69, 9.17) is 14.2 Å². The number of rotatable bonds is 34. The third-order valence-corrected chi connectivity index (χ3v) is 20.2. The summed E-state index contributed by atoms with van der Waals surface area (Å²) in [4.78, 5) is 32.2. The van der Waals surface area contributed by atoms with Crippen LogP contribution >= 0.6 is 0 Å². The fraction of sp³-hybridized carbons (Fsp3) is 0.427. The van der Waals surface area contributed by atoms with Crippen LogP contribution in [0.2, 0.25) is 0 Å². The molecule has 0 saturated carbocycles. The van der Waals surface area contributed by atoms with Crippen molar-refractivity contribution in [1.29, 1.82) is 0 Å². The second-order valence-electron chi connectivity index (χ2n) is 28.4. The second kappa shape index (κ2) is 66.1. The third kappa shape index (κ3) is 49.7. The fourth-order valence-electron chi connectivity index (χ4n) is 10.1. The van der Waals surface area contributed by atoms with Crippen LogP contribution in [0.4, 0.5) is 0 Å². The maximum absolute atomic E-state index is 10.9. The molecular formula is C103H148O6. The number of unbranched alkanes of at least 4 members (excludes halogenated alkanes) is 2. The van der Waals surface area contributed by atoms with Crippen molar-refractivity contribution in [2.75, 3.05) is 13.2 Å². The lowest BCUT2D eigenvalue weighted by molar-refractivity contribution is -0.138. The molecule has 0 aliphatic rings. The summed E-state index contributed by atoms with van der Waals surface area (Å²) in [7, 11) is 0. The summed E-state index contributed by atoms with van der Waals surface area (Å²) in [5.41, 5.74) is 14.7. The van der Waals surface area contributed by atoms with Crippen molar-refractivity contribution in [2.24, 2.45) is 11.8 Å². The van der Waals surface area contributed by atoms with Crippen LogP contribution in [0.5, 0.6) is 5.75 Å². The number of carbonyl (C=O) groups excluding carboxylic acids is 3. The van der Waals surface area contributed by atoms with Gasteiger partial charge in [0.1, 0.15) is 5.75 Å². The Labute approximate surface area is 667 Å². The highest BCUT2D eigenvalue weighted by Gasteiger charge is 2.10. The second-order valence-corrected chi connectivity index (χ2v) is 28.4. The SMILES string of the molecule is C=CC(=O)OCCCCC(C)CC.C=CC(=O)OCCCCC(C)CC.C=CC(=O)Oc1ccc(C(C)CC)cc1.C=Cc1ccc(C(C)CC)cc1.C=Cc1ccc(C(C)CC)cc1.C=Cc1ccccc1.C=Cc1ccccc1.CCC(C)c1ccc(C(C)CC)cc1.CCC(C)c1ccc(C(C)CC)cc1. The predicted molar refractivity (Wildman–Crippen MR) is 481 cm³/mol. The van der Waals surface area contributed by atoms with Gasteiger partial charge in [0.2, 0.25) is 0 Å². The zero-order chi connectivity index (χ0) is 82.2. The van der Waals surface area contributed by atoms with Crippen LogP contribution in [0.1, 0.15) is 324 Å². The molecule has 596 valence electrons. The number of hydrogen-bond donors (Lipinski definition) is 0. The van der Waals surface area contributed by atoms with Crippen LogP contribution in [-0.4, -0.2) is 31.1 Å². The first-order valence-corrected chi connectivity index (χ1v) is 40.9. The molecule has 0 bridgehead atoms. The molecule has 0 amide bonds.